The number of urea groups is 1. The van der Waals surface area contributed by atoms with Crippen LogP contribution in [0.2, 0.25) is 0 Å². The van der Waals surface area contributed by atoms with Gasteiger partial charge in [0.15, 0.2) is 17.3 Å². The second-order valence-electron chi connectivity index (χ2n) is 6.98. The number of likely N-dealkylation sites (tertiary alicyclic amines) is 1. The van der Waals surface area contributed by atoms with Gasteiger partial charge >= 0.3 is 6.03 Å². The molecule has 2 N–H and O–H groups in total. The quantitative estimate of drug-likeness (QED) is 0.709. The van der Waals surface area contributed by atoms with E-state index in [-0.39, 0.29) is 17.7 Å². The fourth-order valence-corrected chi connectivity index (χ4v) is 3.43. The number of Topliss-reactive ketones (excluding diaryl/α,β-unsaturated/α-hetero) is 1. The molecule has 1 aliphatic rings. The summed E-state index contributed by atoms with van der Waals surface area (Å²) in [5, 5.41) is 5.62. The summed E-state index contributed by atoms with van der Waals surface area (Å²) in [5.41, 5.74) is 1.58. The number of benzene rings is 2. The summed E-state index contributed by atoms with van der Waals surface area (Å²) >= 11 is 0. The highest BCUT2D eigenvalue weighted by Gasteiger charge is 2.34. The number of carbonyl (C=O) groups excluding carboxylic acids is 3. The molecule has 1 saturated heterocycles. The Balaban J connectivity index is 1.69. The second-order valence-corrected chi connectivity index (χ2v) is 6.98. The third-order valence-corrected chi connectivity index (χ3v) is 4.99. The standard InChI is InChI=1S/C22H25N3O5/c1-14(26)15-6-4-7-16(12-15)24-22(28)25-11-5-8-18(25)21(27)23-17-9-10-19(29-2)20(13-17)30-3/h4,6-7,9-10,12-13,18H,5,8,11H2,1-3H3,(H,23,27)(H,24,28)/t18-/m0/s1. The van der Waals surface area contributed by atoms with E-state index >= 15 is 0 Å². The lowest BCUT2D eigenvalue weighted by Crippen LogP contribution is -2.45. The lowest BCUT2D eigenvalue weighted by atomic mass is 10.1. The average molecular weight is 411 g/mol. The number of ether oxygens (including phenoxy) is 2. The van der Waals surface area contributed by atoms with Gasteiger partial charge in [0, 0.05) is 29.5 Å². The van der Waals surface area contributed by atoms with Crippen molar-refractivity contribution >= 4 is 29.1 Å². The van der Waals surface area contributed by atoms with Gasteiger partial charge in [-0.3, -0.25) is 9.59 Å². The Hall–Kier alpha value is -3.55. The fraction of sp³-hybridized carbons (Fsp3) is 0.318. The molecule has 3 amide bonds. The number of ketones is 1. The van der Waals surface area contributed by atoms with Crippen molar-refractivity contribution in [1.82, 2.24) is 4.90 Å². The highest BCUT2D eigenvalue weighted by atomic mass is 16.5. The van der Waals surface area contributed by atoms with Gasteiger partial charge in [-0.25, -0.2) is 4.79 Å². The Morgan fingerprint density at radius 1 is 0.967 bits per heavy atom. The molecule has 0 unspecified atom stereocenters. The van der Waals surface area contributed by atoms with Crippen LogP contribution in [0.25, 0.3) is 0 Å². The molecule has 0 spiro atoms. The molecule has 0 radical (unpaired) electrons. The smallest absolute Gasteiger partial charge is 0.322 e. The molecule has 1 aliphatic heterocycles. The Labute approximate surface area is 175 Å². The summed E-state index contributed by atoms with van der Waals surface area (Å²) in [6.07, 6.45) is 1.30. The molecule has 0 bridgehead atoms. The fourth-order valence-electron chi connectivity index (χ4n) is 3.43. The van der Waals surface area contributed by atoms with Crippen LogP contribution in [-0.2, 0) is 4.79 Å². The number of hydrogen-bond donors (Lipinski definition) is 2. The number of rotatable bonds is 6. The number of nitrogens with zero attached hydrogens (tertiary/aromatic N) is 1. The van der Waals surface area contributed by atoms with Crippen LogP contribution in [0.4, 0.5) is 16.2 Å². The Kier molecular flexibility index (Phi) is 6.56. The van der Waals surface area contributed by atoms with Crippen LogP contribution in [0.15, 0.2) is 42.5 Å². The predicted molar refractivity (Wildman–Crippen MR) is 113 cm³/mol. The van der Waals surface area contributed by atoms with Crippen molar-refractivity contribution in [3.63, 3.8) is 0 Å². The molecular formula is C22H25N3O5. The topological polar surface area (TPSA) is 97.0 Å². The van der Waals surface area contributed by atoms with Gasteiger partial charge < -0.3 is 25.0 Å². The normalized spacial score (nSPS) is 15.4. The molecule has 0 saturated carbocycles. The van der Waals surface area contributed by atoms with Gasteiger partial charge in [-0.2, -0.15) is 0 Å². The van der Waals surface area contributed by atoms with Crippen molar-refractivity contribution in [3.8, 4) is 11.5 Å². The Morgan fingerprint density at radius 2 is 1.70 bits per heavy atom. The molecule has 1 heterocycles. The number of anilines is 2. The van der Waals surface area contributed by atoms with Crippen LogP contribution in [0.1, 0.15) is 30.1 Å². The number of amides is 3. The third-order valence-electron chi connectivity index (χ3n) is 4.99. The number of carbonyl (C=O) groups is 3. The van der Waals surface area contributed by atoms with Gasteiger partial charge in [-0.15, -0.1) is 0 Å². The number of nitrogens with one attached hydrogen (secondary N) is 2. The van der Waals surface area contributed by atoms with E-state index in [2.05, 4.69) is 10.6 Å². The zero-order valence-corrected chi connectivity index (χ0v) is 17.2. The van der Waals surface area contributed by atoms with Gasteiger partial charge in [0.1, 0.15) is 6.04 Å². The number of hydrogen-bond acceptors (Lipinski definition) is 5. The van der Waals surface area contributed by atoms with Gasteiger partial charge in [0.25, 0.3) is 0 Å². The van der Waals surface area contributed by atoms with Gasteiger partial charge in [-0.05, 0) is 44.0 Å². The molecular weight excluding hydrogens is 386 g/mol. The minimum absolute atomic E-state index is 0.0838. The van der Waals surface area contributed by atoms with Crippen molar-refractivity contribution in [2.24, 2.45) is 0 Å². The Bertz CT molecular complexity index is 960. The molecule has 3 rings (SSSR count). The van der Waals surface area contributed by atoms with Crippen LogP contribution in [-0.4, -0.2) is 49.4 Å². The van der Waals surface area contributed by atoms with E-state index in [1.165, 1.54) is 26.0 Å². The maximum atomic E-state index is 12.8. The predicted octanol–water partition coefficient (Wildman–Crippen LogP) is 3.54. The van der Waals surface area contributed by atoms with E-state index in [9.17, 15) is 14.4 Å². The van der Waals surface area contributed by atoms with E-state index in [1.807, 2.05) is 0 Å². The molecule has 0 aliphatic carbocycles. The summed E-state index contributed by atoms with van der Waals surface area (Å²) in [7, 11) is 3.06. The van der Waals surface area contributed by atoms with E-state index in [0.717, 1.165) is 6.42 Å². The first kappa shape index (κ1) is 21.2. The highest BCUT2D eigenvalue weighted by Crippen LogP contribution is 2.30. The van der Waals surface area contributed by atoms with E-state index in [0.29, 0.717) is 41.4 Å². The maximum absolute atomic E-state index is 12.8. The van der Waals surface area contributed by atoms with Crippen molar-refractivity contribution in [2.75, 3.05) is 31.4 Å². The molecule has 0 aromatic heterocycles. The van der Waals surface area contributed by atoms with Crippen molar-refractivity contribution in [3.05, 3.63) is 48.0 Å². The van der Waals surface area contributed by atoms with Crippen LogP contribution in [0, 0.1) is 0 Å². The monoisotopic (exact) mass is 411 g/mol. The lowest BCUT2D eigenvalue weighted by molar-refractivity contribution is -0.119. The summed E-state index contributed by atoms with van der Waals surface area (Å²) in [6.45, 7) is 1.94. The van der Waals surface area contributed by atoms with Crippen molar-refractivity contribution < 1.29 is 23.9 Å². The molecule has 30 heavy (non-hydrogen) atoms. The van der Waals surface area contributed by atoms with Crippen LogP contribution < -0.4 is 20.1 Å². The summed E-state index contributed by atoms with van der Waals surface area (Å²) in [4.78, 5) is 38.6. The zero-order valence-electron chi connectivity index (χ0n) is 17.2. The summed E-state index contributed by atoms with van der Waals surface area (Å²) < 4.78 is 10.5. The minimum Gasteiger partial charge on any atom is -0.493 e. The zero-order chi connectivity index (χ0) is 21.7. The molecule has 158 valence electrons. The van der Waals surface area contributed by atoms with Crippen molar-refractivity contribution in [2.45, 2.75) is 25.8 Å². The first-order valence-corrected chi connectivity index (χ1v) is 9.64. The first-order valence-electron chi connectivity index (χ1n) is 9.64. The van der Waals surface area contributed by atoms with Gasteiger partial charge in [0.05, 0.1) is 14.2 Å². The van der Waals surface area contributed by atoms with E-state index in [4.69, 9.17) is 9.47 Å². The minimum atomic E-state index is -0.589. The van der Waals surface area contributed by atoms with E-state index < -0.39 is 6.04 Å². The third kappa shape index (κ3) is 4.71. The largest absolute Gasteiger partial charge is 0.493 e. The first-order chi connectivity index (χ1) is 14.4. The Morgan fingerprint density at radius 3 is 2.40 bits per heavy atom. The van der Waals surface area contributed by atoms with E-state index in [1.54, 1.807) is 42.5 Å². The SMILES string of the molecule is COc1ccc(NC(=O)[C@@H]2CCCN2C(=O)Nc2cccc(C(C)=O)c2)cc1OC. The second kappa shape index (κ2) is 9.30. The average Bonchev–Trinajstić information content (AvgIpc) is 3.24. The molecule has 1 atom stereocenters. The van der Waals surface area contributed by atoms with Gasteiger partial charge in [0.2, 0.25) is 5.91 Å². The maximum Gasteiger partial charge on any atom is 0.322 e. The summed E-state index contributed by atoms with van der Waals surface area (Å²) in [6, 6.07) is 10.8. The van der Waals surface area contributed by atoms with Crippen LogP contribution >= 0.6 is 0 Å². The van der Waals surface area contributed by atoms with Crippen LogP contribution in [0.3, 0.4) is 0 Å². The van der Waals surface area contributed by atoms with Crippen molar-refractivity contribution in [1.29, 1.82) is 0 Å². The number of methoxy groups -OCH3 is 2. The molecule has 1 fully saturated rings. The van der Waals surface area contributed by atoms with Crippen LogP contribution in [0.5, 0.6) is 11.5 Å². The molecule has 8 nitrogen and oxygen atoms in total. The molecule has 2 aromatic rings. The lowest BCUT2D eigenvalue weighted by Gasteiger charge is -2.24. The highest BCUT2D eigenvalue weighted by molar-refractivity contribution is 6.00. The molecule has 2 aromatic carbocycles. The van der Waals surface area contributed by atoms with Gasteiger partial charge in [-0.1, -0.05) is 12.1 Å². The molecule has 8 heteroatoms. The summed E-state index contributed by atoms with van der Waals surface area (Å²) in [5.74, 6) is 0.707.